The Kier molecular flexibility index (Phi) is 5.73. The summed E-state index contributed by atoms with van der Waals surface area (Å²) < 4.78 is 1.93. The summed E-state index contributed by atoms with van der Waals surface area (Å²) in [6.07, 6.45) is 0. The van der Waals surface area contributed by atoms with Gasteiger partial charge in [-0.25, -0.2) is 0 Å². The smallest absolute Gasteiger partial charge is 0.235 e. The van der Waals surface area contributed by atoms with E-state index in [0.29, 0.717) is 6.54 Å². The molecule has 134 valence electrons. The predicted molar refractivity (Wildman–Crippen MR) is 105 cm³/mol. The minimum absolute atomic E-state index is 0.0723. The number of amides is 1. The fraction of sp³-hybridized carbons (Fsp3) is 0.250. The van der Waals surface area contributed by atoms with Crippen molar-refractivity contribution in [2.45, 2.75) is 23.9 Å². The van der Waals surface area contributed by atoms with Crippen LogP contribution in [0.2, 0.25) is 0 Å². The van der Waals surface area contributed by atoms with Gasteiger partial charge in [-0.1, -0.05) is 72.4 Å². The van der Waals surface area contributed by atoms with E-state index in [1.807, 2.05) is 86.2 Å². The molecule has 26 heavy (non-hydrogen) atoms. The number of carbonyl (C=O) groups is 1. The first-order valence-corrected chi connectivity index (χ1v) is 9.34. The number of nitrogens with zero attached hydrogens (tertiary/aromatic N) is 4. The first-order chi connectivity index (χ1) is 12.6. The third-order valence-electron chi connectivity index (χ3n) is 4.14. The first kappa shape index (κ1) is 18.2. The molecule has 0 unspecified atom stereocenters. The summed E-state index contributed by atoms with van der Waals surface area (Å²) in [5.74, 6) is 0.869. The van der Waals surface area contributed by atoms with Crippen LogP contribution in [0.5, 0.6) is 0 Å². The average molecular weight is 366 g/mol. The molecule has 5 nitrogen and oxygen atoms in total. The SMILES string of the molecule is C[C@H](Sc1nnc(-c2ccccc2)n1C)C(=O)N(C)Cc1ccccc1. The molecule has 0 N–H and O–H groups in total. The first-order valence-electron chi connectivity index (χ1n) is 8.46. The molecule has 3 aromatic rings. The fourth-order valence-electron chi connectivity index (χ4n) is 2.71. The van der Waals surface area contributed by atoms with Crippen molar-refractivity contribution in [2.75, 3.05) is 7.05 Å². The number of hydrogen-bond donors (Lipinski definition) is 0. The van der Waals surface area contributed by atoms with Gasteiger partial charge in [0.1, 0.15) is 0 Å². The molecule has 0 spiro atoms. The van der Waals surface area contributed by atoms with Crippen LogP contribution >= 0.6 is 11.8 Å². The van der Waals surface area contributed by atoms with Crippen LogP contribution in [-0.2, 0) is 18.4 Å². The van der Waals surface area contributed by atoms with E-state index in [1.165, 1.54) is 11.8 Å². The number of aromatic nitrogens is 3. The van der Waals surface area contributed by atoms with Crippen molar-refractivity contribution in [1.82, 2.24) is 19.7 Å². The summed E-state index contributed by atoms with van der Waals surface area (Å²) in [7, 11) is 3.76. The van der Waals surface area contributed by atoms with Gasteiger partial charge in [0.15, 0.2) is 11.0 Å². The van der Waals surface area contributed by atoms with Gasteiger partial charge >= 0.3 is 0 Å². The third kappa shape index (κ3) is 4.14. The second kappa shape index (κ2) is 8.19. The molecule has 0 saturated heterocycles. The van der Waals surface area contributed by atoms with Gasteiger partial charge in [-0.15, -0.1) is 10.2 Å². The van der Waals surface area contributed by atoms with Crippen LogP contribution < -0.4 is 0 Å². The summed E-state index contributed by atoms with van der Waals surface area (Å²) in [6, 6.07) is 19.9. The summed E-state index contributed by atoms with van der Waals surface area (Å²) in [4.78, 5) is 14.4. The van der Waals surface area contributed by atoms with Crippen LogP contribution in [-0.4, -0.2) is 37.9 Å². The highest BCUT2D eigenvalue weighted by molar-refractivity contribution is 8.00. The highest BCUT2D eigenvalue weighted by Crippen LogP contribution is 2.26. The van der Waals surface area contributed by atoms with Crippen molar-refractivity contribution < 1.29 is 4.79 Å². The second-order valence-electron chi connectivity index (χ2n) is 6.17. The molecule has 1 aromatic heterocycles. The summed E-state index contributed by atoms with van der Waals surface area (Å²) in [5, 5.41) is 9.03. The Morgan fingerprint density at radius 3 is 2.35 bits per heavy atom. The second-order valence-corrected chi connectivity index (χ2v) is 7.48. The zero-order valence-electron chi connectivity index (χ0n) is 15.2. The molecule has 0 fully saturated rings. The Balaban J connectivity index is 1.67. The van der Waals surface area contributed by atoms with Crippen LogP contribution in [0, 0.1) is 0 Å². The van der Waals surface area contributed by atoms with Gasteiger partial charge in [0.05, 0.1) is 5.25 Å². The molecule has 1 amide bonds. The molecule has 1 heterocycles. The molecule has 0 radical (unpaired) electrons. The Morgan fingerprint density at radius 1 is 1.08 bits per heavy atom. The number of benzene rings is 2. The average Bonchev–Trinajstić information content (AvgIpc) is 3.03. The largest absolute Gasteiger partial charge is 0.340 e. The highest BCUT2D eigenvalue weighted by Gasteiger charge is 2.22. The summed E-state index contributed by atoms with van der Waals surface area (Å²) >= 11 is 1.43. The minimum atomic E-state index is -0.241. The molecular formula is C20H22N4OS. The zero-order chi connectivity index (χ0) is 18.5. The molecule has 2 aromatic carbocycles. The molecule has 6 heteroatoms. The topological polar surface area (TPSA) is 51.0 Å². The lowest BCUT2D eigenvalue weighted by atomic mass is 10.2. The Morgan fingerprint density at radius 2 is 1.69 bits per heavy atom. The van der Waals surface area contributed by atoms with E-state index in [0.717, 1.165) is 22.1 Å². The third-order valence-corrected chi connectivity index (χ3v) is 5.26. The summed E-state index contributed by atoms with van der Waals surface area (Å²) in [5.41, 5.74) is 2.13. The molecule has 0 aliphatic heterocycles. The molecule has 0 aliphatic rings. The molecule has 0 aliphatic carbocycles. The maximum absolute atomic E-state index is 12.7. The summed E-state index contributed by atoms with van der Waals surface area (Å²) in [6.45, 7) is 2.50. The van der Waals surface area contributed by atoms with E-state index in [-0.39, 0.29) is 11.2 Å². The van der Waals surface area contributed by atoms with Crippen LogP contribution in [0.25, 0.3) is 11.4 Å². The number of carbonyl (C=O) groups excluding carboxylic acids is 1. The fourth-order valence-corrected chi connectivity index (χ4v) is 3.64. The van der Waals surface area contributed by atoms with E-state index < -0.39 is 0 Å². The van der Waals surface area contributed by atoms with E-state index in [9.17, 15) is 4.79 Å². The molecule has 3 rings (SSSR count). The standard InChI is InChI=1S/C20H22N4OS/c1-15(19(25)23(2)14-16-10-6-4-7-11-16)26-20-22-21-18(24(20)3)17-12-8-5-9-13-17/h4-13,15H,14H2,1-3H3/t15-/m0/s1. The van der Waals surface area contributed by atoms with Crippen molar-refractivity contribution in [3.05, 3.63) is 66.2 Å². The van der Waals surface area contributed by atoms with Crippen LogP contribution in [0.1, 0.15) is 12.5 Å². The van der Waals surface area contributed by atoms with Gasteiger partial charge in [-0.05, 0) is 12.5 Å². The Labute approximate surface area is 158 Å². The van der Waals surface area contributed by atoms with Crippen LogP contribution in [0.4, 0.5) is 0 Å². The minimum Gasteiger partial charge on any atom is -0.340 e. The van der Waals surface area contributed by atoms with Gasteiger partial charge in [0.2, 0.25) is 5.91 Å². The van der Waals surface area contributed by atoms with Gasteiger partial charge in [-0.3, -0.25) is 4.79 Å². The predicted octanol–water partition coefficient (Wildman–Crippen LogP) is 3.62. The van der Waals surface area contributed by atoms with E-state index in [4.69, 9.17) is 0 Å². The monoisotopic (exact) mass is 366 g/mol. The van der Waals surface area contributed by atoms with Crippen molar-refractivity contribution in [1.29, 1.82) is 0 Å². The number of thioether (sulfide) groups is 1. The van der Waals surface area contributed by atoms with Crippen molar-refractivity contribution in [3.63, 3.8) is 0 Å². The van der Waals surface area contributed by atoms with Crippen molar-refractivity contribution in [2.24, 2.45) is 7.05 Å². The molecular weight excluding hydrogens is 344 g/mol. The zero-order valence-corrected chi connectivity index (χ0v) is 16.0. The number of hydrogen-bond acceptors (Lipinski definition) is 4. The molecule has 0 saturated carbocycles. The van der Waals surface area contributed by atoms with E-state index >= 15 is 0 Å². The maximum atomic E-state index is 12.7. The highest BCUT2D eigenvalue weighted by atomic mass is 32.2. The Hall–Kier alpha value is -2.60. The maximum Gasteiger partial charge on any atom is 0.235 e. The van der Waals surface area contributed by atoms with Crippen LogP contribution in [0.15, 0.2) is 65.8 Å². The van der Waals surface area contributed by atoms with Gasteiger partial charge in [0.25, 0.3) is 0 Å². The normalized spacial score (nSPS) is 12.0. The lowest BCUT2D eigenvalue weighted by molar-refractivity contribution is -0.129. The van der Waals surface area contributed by atoms with Gasteiger partial charge in [0, 0.05) is 26.2 Å². The lowest BCUT2D eigenvalue weighted by Gasteiger charge is -2.21. The van der Waals surface area contributed by atoms with E-state index in [1.54, 1.807) is 4.90 Å². The van der Waals surface area contributed by atoms with E-state index in [2.05, 4.69) is 10.2 Å². The van der Waals surface area contributed by atoms with Crippen molar-refractivity contribution in [3.8, 4) is 11.4 Å². The van der Waals surface area contributed by atoms with Crippen LogP contribution in [0.3, 0.4) is 0 Å². The Bertz CT molecular complexity index is 864. The van der Waals surface area contributed by atoms with Crippen molar-refractivity contribution >= 4 is 17.7 Å². The quantitative estimate of drug-likeness (QED) is 0.625. The molecule has 0 bridgehead atoms. The number of rotatable bonds is 6. The van der Waals surface area contributed by atoms with Gasteiger partial charge < -0.3 is 9.47 Å². The lowest BCUT2D eigenvalue weighted by Crippen LogP contribution is -2.32. The molecule has 1 atom stereocenters. The van der Waals surface area contributed by atoms with Gasteiger partial charge in [-0.2, -0.15) is 0 Å².